The second-order valence-corrected chi connectivity index (χ2v) is 10.0. The molecule has 0 saturated heterocycles. The predicted octanol–water partition coefficient (Wildman–Crippen LogP) is -0.735. The minimum absolute atomic E-state index is 0. The normalized spacial score (nSPS) is 10.4. The van der Waals surface area contributed by atoms with E-state index in [1.165, 1.54) is 66.8 Å². The van der Waals surface area contributed by atoms with Gasteiger partial charge in [-0.25, -0.2) is 11.6 Å². The van der Waals surface area contributed by atoms with Crippen LogP contribution in [-0.4, -0.2) is 0 Å². The van der Waals surface area contributed by atoms with Gasteiger partial charge in [-0.15, -0.1) is 5.56 Å². The molecule has 4 heteroatoms. The molecular weight excluding hydrogens is 539 g/mol. The van der Waals surface area contributed by atoms with Gasteiger partial charge in [-0.1, -0.05) is 102 Å². The summed E-state index contributed by atoms with van der Waals surface area (Å²) in [6, 6.07) is 25.9. The van der Waals surface area contributed by atoms with Crippen LogP contribution in [0.4, 0.5) is 0 Å². The van der Waals surface area contributed by atoms with Gasteiger partial charge in [-0.3, -0.25) is 0 Å². The molecule has 4 aromatic carbocycles. The number of aryl methyl sites for hydroxylation is 8. The van der Waals surface area contributed by atoms with E-state index < -0.39 is 0 Å². The van der Waals surface area contributed by atoms with Crippen molar-refractivity contribution in [3.63, 3.8) is 0 Å². The Balaban J connectivity index is 0.00000306. The Bertz CT molecular complexity index is 1130. The van der Waals surface area contributed by atoms with E-state index in [4.69, 9.17) is 0 Å². The second-order valence-electron chi connectivity index (χ2n) is 10.0. The molecule has 4 rings (SSSR count). The molecule has 0 nitrogen and oxygen atoms in total. The largest absolute Gasteiger partial charge is 4.00 e. The average molecular weight is 574 g/mol. The molecule has 0 aromatic heterocycles. The maximum atomic E-state index is 2.41. The van der Waals surface area contributed by atoms with Crippen LogP contribution in [0.15, 0.2) is 66.7 Å². The monoisotopic (exact) mass is 572 g/mol. The fourth-order valence-corrected chi connectivity index (χ4v) is 5.75. The third kappa shape index (κ3) is 6.53. The van der Waals surface area contributed by atoms with E-state index >= 15 is 0 Å². The Hall–Kier alpha value is -1.41. The van der Waals surface area contributed by atoms with Crippen LogP contribution in [0.3, 0.4) is 0 Å². The summed E-state index contributed by atoms with van der Waals surface area (Å²) in [4.78, 5) is 0. The van der Waals surface area contributed by atoms with Crippen LogP contribution in [0.2, 0.25) is 0 Å². The smallest absolute Gasteiger partial charge is 1.00 e. The maximum Gasteiger partial charge on any atom is 4.00 e. The average Bonchev–Trinajstić information content (AvgIpc) is 2.98. The first-order valence-corrected chi connectivity index (χ1v) is 11.6. The van der Waals surface area contributed by atoms with Gasteiger partial charge in [-0.05, 0) is 58.2 Å². The van der Waals surface area contributed by atoms with Crippen LogP contribution in [-0.2, 0) is 27.1 Å². The summed E-state index contributed by atoms with van der Waals surface area (Å²) in [6.45, 7) is 17.8. The van der Waals surface area contributed by atoms with Gasteiger partial charge in [0.25, 0.3) is 0 Å². The van der Waals surface area contributed by atoms with Gasteiger partial charge in [-0.2, -0.15) is 11.6 Å². The van der Waals surface area contributed by atoms with Crippen LogP contribution in [0.5, 0.6) is 0 Å². The molecule has 36 heavy (non-hydrogen) atoms. The summed E-state index contributed by atoms with van der Waals surface area (Å²) >= 11 is 0. The predicted molar refractivity (Wildman–Crippen MR) is 138 cm³/mol. The molecule has 0 aliphatic heterocycles. The molecule has 0 aliphatic rings. The molecule has 0 aliphatic carbocycles. The summed E-state index contributed by atoms with van der Waals surface area (Å²) in [5.41, 5.74) is 15.5. The first kappa shape index (κ1) is 34.6. The fourth-order valence-electron chi connectivity index (χ4n) is 5.75. The Labute approximate surface area is 251 Å². The molecule has 0 radical (unpaired) electrons. The van der Waals surface area contributed by atoms with Gasteiger partial charge < -0.3 is 37.2 Å². The second kappa shape index (κ2) is 13.4. The Morgan fingerprint density at radius 1 is 0.417 bits per heavy atom. The van der Waals surface area contributed by atoms with Crippen molar-refractivity contribution in [2.24, 2.45) is 0 Å². The van der Waals surface area contributed by atoms with Crippen molar-refractivity contribution in [3.05, 3.63) is 133 Å². The third-order valence-electron chi connectivity index (χ3n) is 6.61. The molecular formula is C32H35Cl3Ti. The van der Waals surface area contributed by atoms with E-state index in [1.807, 2.05) is 0 Å². The minimum Gasteiger partial charge on any atom is -1.00 e. The molecule has 0 bridgehead atoms. The SMILES string of the molecule is Cc1cc(C)cc(C(c2cc(C)cc(C)c2)(c2cc(C)cc(C)c2)[c-]2cc(C)cc2C)c1.[Cl-].[Cl-].[Cl-].[Ti+4]. The zero-order valence-electron chi connectivity index (χ0n) is 22.5. The van der Waals surface area contributed by atoms with Crippen molar-refractivity contribution in [2.75, 3.05) is 0 Å². The third-order valence-corrected chi connectivity index (χ3v) is 6.61. The molecule has 0 saturated carbocycles. The van der Waals surface area contributed by atoms with Crippen LogP contribution in [0, 0.1) is 55.4 Å². The molecule has 0 fully saturated rings. The van der Waals surface area contributed by atoms with Gasteiger partial charge >= 0.3 is 21.7 Å². The van der Waals surface area contributed by atoms with Gasteiger partial charge in [0.2, 0.25) is 0 Å². The van der Waals surface area contributed by atoms with Crippen molar-refractivity contribution < 1.29 is 58.9 Å². The van der Waals surface area contributed by atoms with E-state index in [0.29, 0.717) is 0 Å². The van der Waals surface area contributed by atoms with Gasteiger partial charge in [0.15, 0.2) is 0 Å². The van der Waals surface area contributed by atoms with E-state index in [-0.39, 0.29) is 64.4 Å². The van der Waals surface area contributed by atoms with Gasteiger partial charge in [0.1, 0.15) is 0 Å². The van der Waals surface area contributed by atoms with Crippen LogP contribution in [0.25, 0.3) is 0 Å². The van der Waals surface area contributed by atoms with E-state index in [9.17, 15) is 0 Å². The van der Waals surface area contributed by atoms with Crippen molar-refractivity contribution in [3.8, 4) is 0 Å². The van der Waals surface area contributed by atoms with Crippen molar-refractivity contribution >= 4 is 0 Å². The topological polar surface area (TPSA) is 0 Å². The van der Waals surface area contributed by atoms with E-state index in [2.05, 4.69) is 122 Å². The molecule has 0 N–H and O–H groups in total. The quantitative estimate of drug-likeness (QED) is 0.172. The zero-order valence-corrected chi connectivity index (χ0v) is 26.3. The van der Waals surface area contributed by atoms with E-state index in [1.54, 1.807) is 0 Å². The molecule has 4 aromatic rings. The zero-order chi connectivity index (χ0) is 23.2. The maximum absolute atomic E-state index is 2.41. The first-order valence-electron chi connectivity index (χ1n) is 11.6. The number of hydrogen-bond acceptors (Lipinski definition) is 0. The standard InChI is InChI=1S/C32H35.3ClH.Ti/c1-20-9-21(2)14-28(13-20)32(31-19-26(7)12-27(31)8,29-15-22(3)10-23(4)16-29)30-17-24(5)11-25(6)18-30;;;;/h9-19H,1-8H3;3*1H;/q-1;;;;+4/p-3. The van der Waals surface area contributed by atoms with Crippen LogP contribution < -0.4 is 37.2 Å². The summed E-state index contributed by atoms with van der Waals surface area (Å²) in [5, 5.41) is 0. The fraction of sp³-hybridized carbons (Fsp3) is 0.281. The van der Waals surface area contributed by atoms with E-state index in [0.717, 1.165) is 0 Å². The summed E-state index contributed by atoms with van der Waals surface area (Å²) < 4.78 is 0. The Kier molecular flexibility index (Phi) is 12.9. The molecule has 0 heterocycles. The summed E-state index contributed by atoms with van der Waals surface area (Å²) in [5.74, 6) is 0. The Morgan fingerprint density at radius 3 is 0.917 bits per heavy atom. The number of halogens is 3. The summed E-state index contributed by atoms with van der Waals surface area (Å²) in [6.07, 6.45) is 0. The van der Waals surface area contributed by atoms with Crippen LogP contribution in [0.1, 0.15) is 66.8 Å². The van der Waals surface area contributed by atoms with Crippen LogP contribution >= 0.6 is 0 Å². The molecule has 0 amide bonds. The number of hydrogen-bond donors (Lipinski definition) is 0. The molecule has 188 valence electrons. The molecule has 0 unspecified atom stereocenters. The first-order chi connectivity index (χ1) is 15.1. The Morgan fingerprint density at radius 2 is 0.694 bits per heavy atom. The van der Waals surface area contributed by atoms with Gasteiger partial charge in [0.05, 0.1) is 0 Å². The van der Waals surface area contributed by atoms with Crippen molar-refractivity contribution in [2.45, 2.75) is 60.8 Å². The summed E-state index contributed by atoms with van der Waals surface area (Å²) in [7, 11) is 0. The minimum atomic E-state index is -0.372. The number of rotatable bonds is 4. The molecule has 0 spiro atoms. The van der Waals surface area contributed by atoms with Crippen molar-refractivity contribution in [1.82, 2.24) is 0 Å². The molecule has 0 atom stereocenters. The number of benzene rings is 3. The van der Waals surface area contributed by atoms with Crippen molar-refractivity contribution in [1.29, 1.82) is 0 Å². The van der Waals surface area contributed by atoms with Gasteiger partial charge in [0, 0.05) is 5.41 Å².